The first-order chi connectivity index (χ1) is 5.27. The summed E-state index contributed by atoms with van der Waals surface area (Å²) in [4.78, 5) is 11.4. The highest BCUT2D eigenvalue weighted by Crippen LogP contribution is 2.38. The molecule has 2 unspecified atom stereocenters. The van der Waals surface area contributed by atoms with Gasteiger partial charge in [-0.15, -0.1) is 0 Å². The van der Waals surface area contributed by atoms with Crippen molar-refractivity contribution >= 4 is 21.7 Å². The summed E-state index contributed by atoms with van der Waals surface area (Å²) in [5.41, 5.74) is 0. The van der Waals surface area contributed by atoms with Crippen molar-refractivity contribution in [3.05, 3.63) is 10.6 Å². The maximum absolute atomic E-state index is 11.4. The first kappa shape index (κ1) is 7.53. The topological polar surface area (TPSA) is 17.1 Å². The van der Waals surface area contributed by atoms with Gasteiger partial charge in [-0.1, -0.05) is 12.5 Å². The second-order valence-electron chi connectivity index (χ2n) is 3.50. The van der Waals surface area contributed by atoms with Crippen molar-refractivity contribution in [2.24, 2.45) is 11.8 Å². The first-order valence-electron chi connectivity index (χ1n) is 4.19. The van der Waals surface area contributed by atoms with Crippen molar-refractivity contribution in [1.29, 1.82) is 0 Å². The van der Waals surface area contributed by atoms with Gasteiger partial charge in [-0.3, -0.25) is 4.79 Å². The molecule has 2 bridgehead atoms. The predicted octanol–water partition coefficient (Wildman–Crippen LogP) is 2.65. The van der Waals surface area contributed by atoms with Crippen LogP contribution in [0.25, 0.3) is 0 Å². The zero-order valence-electron chi connectivity index (χ0n) is 6.35. The Balaban J connectivity index is 2.28. The summed E-state index contributed by atoms with van der Waals surface area (Å²) in [5, 5.41) is 0. The lowest BCUT2D eigenvalue weighted by atomic mass is 9.75. The lowest BCUT2D eigenvalue weighted by Gasteiger charge is -2.30. The zero-order chi connectivity index (χ0) is 7.84. The van der Waals surface area contributed by atoms with Gasteiger partial charge in [0, 0.05) is 5.92 Å². The molecule has 2 aliphatic carbocycles. The molecule has 11 heavy (non-hydrogen) atoms. The van der Waals surface area contributed by atoms with E-state index in [9.17, 15) is 4.79 Å². The molecule has 2 aliphatic rings. The van der Waals surface area contributed by atoms with E-state index in [0.29, 0.717) is 17.6 Å². The van der Waals surface area contributed by atoms with Gasteiger partial charge in [0.05, 0.1) is 4.48 Å². The molecule has 0 aromatic rings. The standard InChI is InChI=1S/C9H11BrO/c10-8-5-6-2-1-3-7(4-6)9(8)11/h5-7H,1-4H2. The molecule has 0 aromatic carbocycles. The van der Waals surface area contributed by atoms with Crippen molar-refractivity contribution in [2.45, 2.75) is 25.7 Å². The first-order valence-corrected chi connectivity index (χ1v) is 4.98. The summed E-state index contributed by atoms with van der Waals surface area (Å²) < 4.78 is 0.832. The Morgan fingerprint density at radius 3 is 3.09 bits per heavy atom. The lowest BCUT2D eigenvalue weighted by molar-refractivity contribution is -0.120. The largest absolute Gasteiger partial charge is 0.293 e. The molecule has 1 fully saturated rings. The number of allylic oxidation sites excluding steroid dienone is 2. The Morgan fingerprint density at radius 1 is 1.45 bits per heavy atom. The fraction of sp³-hybridized carbons (Fsp3) is 0.667. The monoisotopic (exact) mass is 214 g/mol. The van der Waals surface area contributed by atoms with Crippen molar-refractivity contribution in [3.63, 3.8) is 0 Å². The number of hydrogen-bond acceptors (Lipinski definition) is 1. The van der Waals surface area contributed by atoms with E-state index in [1.54, 1.807) is 0 Å². The van der Waals surface area contributed by atoms with Crippen LogP contribution in [0.5, 0.6) is 0 Å². The van der Waals surface area contributed by atoms with Crippen molar-refractivity contribution < 1.29 is 4.79 Å². The van der Waals surface area contributed by atoms with Gasteiger partial charge >= 0.3 is 0 Å². The smallest absolute Gasteiger partial charge is 0.172 e. The average Bonchev–Trinajstić information content (AvgIpc) is 2.01. The highest BCUT2D eigenvalue weighted by molar-refractivity contribution is 9.12. The minimum Gasteiger partial charge on any atom is -0.293 e. The molecule has 2 atom stereocenters. The van der Waals surface area contributed by atoms with Crippen LogP contribution in [-0.4, -0.2) is 5.78 Å². The summed E-state index contributed by atoms with van der Waals surface area (Å²) in [6, 6.07) is 0. The third-order valence-electron chi connectivity index (χ3n) is 2.70. The van der Waals surface area contributed by atoms with Gasteiger partial charge in [-0.25, -0.2) is 0 Å². The molecule has 0 N–H and O–H groups in total. The average molecular weight is 215 g/mol. The Morgan fingerprint density at radius 2 is 2.27 bits per heavy atom. The third-order valence-corrected chi connectivity index (χ3v) is 3.36. The molecule has 0 saturated heterocycles. The number of halogens is 1. The van der Waals surface area contributed by atoms with Crippen LogP contribution < -0.4 is 0 Å². The van der Waals surface area contributed by atoms with Crippen LogP contribution in [0.4, 0.5) is 0 Å². The SMILES string of the molecule is O=C1C(Br)=CC2CCCC1C2. The summed E-state index contributed by atoms with van der Waals surface area (Å²) in [6.07, 6.45) is 6.82. The van der Waals surface area contributed by atoms with Crippen molar-refractivity contribution in [2.75, 3.05) is 0 Å². The van der Waals surface area contributed by atoms with Crippen molar-refractivity contribution in [3.8, 4) is 0 Å². The molecule has 2 heteroatoms. The summed E-state index contributed by atoms with van der Waals surface area (Å²) in [7, 11) is 0. The van der Waals surface area contributed by atoms with E-state index >= 15 is 0 Å². The van der Waals surface area contributed by atoms with Crippen LogP contribution in [0.15, 0.2) is 10.6 Å². The molecule has 0 radical (unpaired) electrons. The molecule has 0 aliphatic heterocycles. The highest BCUT2D eigenvalue weighted by Gasteiger charge is 2.31. The predicted molar refractivity (Wildman–Crippen MR) is 47.5 cm³/mol. The Bertz CT molecular complexity index is 220. The number of Topliss-reactive ketones (excluding diaryl/α,β-unsaturated/α-hetero) is 1. The van der Waals surface area contributed by atoms with Crippen LogP contribution in [0.3, 0.4) is 0 Å². The van der Waals surface area contributed by atoms with E-state index in [4.69, 9.17) is 0 Å². The normalized spacial score (nSPS) is 36.8. The Labute approximate surface area is 75.0 Å². The number of carbonyl (C=O) groups is 1. The maximum atomic E-state index is 11.4. The van der Waals surface area contributed by atoms with Gasteiger partial charge in [-0.2, -0.15) is 0 Å². The molecule has 0 spiro atoms. The Kier molecular flexibility index (Phi) is 1.88. The highest BCUT2D eigenvalue weighted by atomic mass is 79.9. The van der Waals surface area contributed by atoms with Gasteiger partial charge in [0.2, 0.25) is 0 Å². The minimum atomic E-state index is 0.334. The molecular weight excluding hydrogens is 204 g/mol. The fourth-order valence-electron chi connectivity index (χ4n) is 2.10. The molecule has 1 saturated carbocycles. The van der Waals surface area contributed by atoms with Gasteiger partial charge in [-0.05, 0) is 41.1 Å². The van der Waals surface area contributed by atoms with Gasteiger partial charge in [0.1, 0.15) is 0 Å². The van der Waals surface area contributed by atoms with Crippen LogP contribution in [-0.2, 0) is 4.79 Å². The quantitative estimate of drug-likeness (QED) is 0.607. The zero-order valence-corrected chi connectivity index (χ0v) is 7.93. The van der Waals surface area contributed by atoms with Crippen LogP contribution in [0.2, 0.25) is 0 Å². The van der Waals surface area contributed by atoms with E-state index in [-0.39, 0.29) is 0 Å². The summed E-state index contributed by atoms with van der Waals surface area (Å²) >= 11 is 3.32. The van der Waals surface area contributed by atoms with E-state index < -0.39 is 0 Å². The Hall–Kier alpha value is -0.110. The molecule has 60 valence electrons. The third kappa shape index (κ3) is 1.28. The van der Waals surface area contributed by atoms with E-state index in [1.807, 2.05) is 0 Å². The number of carbonyl (C=O) groups excluding carboxylic acids is 1. The lowest BCUT2D eigenvalue weighted by Crippen LogP contribution is -2.26. The second-order valence-corrected chi connectivity index (χ2v) is 4.36. The molecule has 0 heterocycles. The van der Waals surface area contributed by atoms with Crippen LogP contribution in [0, 0.1) is 11.8 Å². The van der Waals surface area contributed by atoms with E-state index in [1.165, 1.54) is 12.8 Å². The van der Waals surface area contributed by atoms with Gasteiger partial charge in [0.25, 0.3) is 0 Å². The minimum absolute atomic E-state index is 0.334. The van der Waals surface area contributed by atoms with Crippen molar-refractivity contribution in [1.82, 2.24) is 0 Å². The molecule has 0 aromatic heterocycles. The number of hydrogen-bond donors (Lipinski definition) is 0. The van der Waals surface area contributed by atoms with Gasteiger partial charge < -0.3 is 0 Å². The number of fused-ring (bicyclic) bond motifs is 2. The number of ketones is 1. The second kappa shape index (κ2) is 2.74. The maximum Gasteiger partial charge on any atom is 0.172 e. The van der Waals surface area contributed by atoms with Crippen LogP contribution in [0.1, 0.15) is 25.7 Å². The summed E-state index contributed by atoms with van der Waals surface area (Å²) in [6.45, 7) is 0. The van der Waals surface area contributed by atoms with E-state index in [0.717, 1.165) is 17.3 Å². The molecule has 2 rings (SSSR count). The molecule has 1 nitrogen and oxygen atoms in total. The molecular formula is C9H11BrO. The van der Waals surface area contributed by atoms with Crippen LogP contribution >= 0.6 is 15.9 Å². The number of rotatable bonds is 0. The fourth-order valence-corrected chi connectivity index (χ4v) is 2.80. The van der Waals surface area contributed by atoms with E-state index in [2.05, 4.69) is 22.0 Å². The molecule has 0 amide bonds. The summed E-state index contributed by atoms with van der Waals surface area (Å²) in [5.74, 6) is 1.36. The van der Waals surface area contributed by atoms with Gasteiger partial charge in [0.15, 0.2) is 5.78 Å².